The molecule has 3 aliphatic rings. The lowest BCUT2D eigenvalue weighted by Crippen LogP contribution is -2.23. The van der Waals surface area contributed by atoms with E-state index in [-0.39, 0.29) is 10.7 Å². The van der Waals surface area contributed by atoms with Crippen molar-refractivity contribution in [1.82, 2.24) is 9.78 Å². The summed E-state index contributed by atoms with van der Waals surface area (Å²) in [5.74, 6) is 0.181. The Balaban J connectivity index is 1.51. The summed E-state index contributed by atoms with van der Waals surface area (Å²) in [6.45, 7) is 2.76. The van der Waals surface area contributed by atoms with Crippen molar-refractivity contribution in [1.29, 1.82) is 0 Å². The number of nitrogens with one attached hydrogen (secondary N) is 1. The molecule has 1 atom stereocenters. The number of aryl methyl sites for hydroxylation is 2. The SMILES string of the molecule is Cc1nn2c(c1S(N)(=O)=NC(=O)Nc1c3c(c(F)c4c1CC4)CCC3)OCCC2. The number of rotatable bonds is 2. The van der Waals surface area contributed by atoms with Gasteiger partial charge in [-0.2, -0.15) is 5.10 Å². The number of hydrogen-bond acceptors (Lipinski definition) is 4. The van der Waals surface area contributed by atoms with Crippen LogP contribution in [0.25, 0.3) is 0 Å². The summed E-state index contributed by atoms with van der Waals surface area (Å²) < 4.78 is 38.7. The van der Waals surface area contributed by atoms with E-state index in [1.165, 1.54) is 0 Å². The number of benzene rings is 1. The van der Waals surface area contributed by atoms with Gasteiger partial charge in [0.1, 0.15) is 10.7 Å². The van der Waals surface area contributed by atoms with Gasteiger partial charge >= 0.3 is 6.03 Å². The highest BCUT2D eigenvalue weighted by Crippen LogP contribution is 2.42. The average Bonchev–Trinajstić information content (AvgIpc) is 3.22. The van der Waals surface area contributed by atoms with Crippen LogP contribution < -0.4 is 15.2 Å². The van der Waals surface area contributed by atoms with Crippen molar-refractivity contribution in [3.05, 3.63) is 33.8 Å². The zero-order valence-corrected chi connectivity index (χ0v) is 16.9. The number of nitrogens with two attached hydrogens (primary N) is 1. The van der Waals surface area contributed by atoms with Crippen LogP contribution in [0.5, 0.6) is 5.88 Å². The second-order valence-electron chi connectivity index (χ2n) is 7.69. The number of halogens is 1. The van der Waals surface area contributed by atoms with Crippen molar-refractivity contribution in [3.63, 3.8) is 0 Å². The fraction of sp³-hybridized carbons (Fsp3) is 0.474. The number of anilines is 1. The van der Waals surface area contributed by atoms with Crippen LogP contribution in [0.4, 0.5) is 14.9 Å². The standard InChI is InChI=1S/C19H22FN5O3S/c1-10-17(18-25(23-10)8-3-9-28-18)29(21,27)24-19(26)22-16-13-5-2-4-11(13)15(20)12-6-7-14(12)16/h2-9H2,1H3,(H3,21,22,24,26,27). The molecule has 0 radical (unpaired) electrons. The van der Waals surface area contributed by atoms with Crippen molar-refractivity contribution in [3.8, 4) is 5.88 Å². The number of urea groups is 1. The first-order valence-corrected chi connectivity index (χ1v) is 11.4. The minimum absolute atomic E-state index is 0.129. The topological polar surface area (TPSA) is 112 Å². The van der Waals surface area contributed by atoms with Gasteiger partial charge in [-0.1, -0.05) is 0 Å². The number of aromatic nitrogens is 2. The molecular formula is C19H22FN5O3S. The number of carbonyl (C=O) groups excluding carboxylic acids is 1. The number of carbonyl (C=O) groups is 1. The third-order valence-corrected chi connectivity index (χ3v) is 7.36. The van der Waals surface area contributed by atoms with Crippen LogP contribution in [0, 0.1) is 12.7 Å². The molecule has 0 fully saturated rings. The molecule has 8 nitrogen and oxygen atoms in total. The highest BCUT2D eigenvalue weighted by Gasteiger charge is 2.32. The van der Waals surface area contributed by atoms with Gasteiger partial charge in [-0.25, -0.2) is 23.2 Å². The summed E-state index contributed by atoms with van der Waals surface area (Å²) in [5, 5.41) is 13.0. The highest BCUT2D eigenvalue weighted by molar-refractivity contribution is 7.91. The molecule has 2 heterocycles. The normalized spacial score (nSPS) is 18.6. The lowest BCUT2D eigenvalue weighted by molar-refractivity contribution is 0.224. The Bertz CT molecular complexity index is 1180. The number of fused-ring (bicyclic) bond motifs is 3. The summed E-state index contributed by atoms with van der Waals surface area (Å²) in [7, 11) is -3.56. The molecule has 2 aromatic rings. The summed E-state index contributed by atoms with van der Waals surface area (Å²) in [6, 6.07) is -0.803. The van der Waals surface area contributed by atoms with Gasteiger partial charge < -0.3 is 10.1 Å². The van der Waals surface area contributed by atoms with E-state index in [1.807, 2.05) is 0 Å². The van der Waals surface area contributed by atoms with E-state index in [9.17, 15) is 13.4 Å². The molecule has 2 aliphatic carbocycles. The van der Waals surface area contributed by atoms with Crippen molar-refractivity contribution in [2.45, 2.75) is 56.9 Å². The van der Waals surface area contributed by atoms with Gasteiger partial charge in [-0.05, 0) is 61.3 Å². The first kappa shape index (κ1) is 18.6. The monoisotopic (exact) mass is 419 g/mol. The molecular weight excluding hydrogens is 397 g/mol. The van der Waals surface area contributed by atoms with Crippen LogP contribution >= 0.6 is 0 Å². The molecule has 0 spiro atoms. The Morgan fingerprint density at radius 2 is 1.90 bits per heavy atom. The van der Waals surface area contributed by atoms with Gasteiger partial charge in [0.05, 0.1) is 12.3 Å². The Morgan fingerprint density at radius 3 is 2.66 bits per heavy atom. The van der Waals surface area contributed by atoms with Crippen LogP contribution in [0.1, 0.15) is 40.8 Å². The van der Waals surface area contributed by atoms with E-state index in [1.54, 1.807) is 11.6 Å². The molecule has 1 unspecified atom stereocenters. The van der Waals surface area contributed by atoms with Crippen molar-refractivity contribution < 1.29 is 18.1 Å². The molecule has 29 heavy (non-hydrogen) atoms. The smallest absolute Gasteiger partial charge is 0.354 e. The van der Waals surface area contributed by atoms with Gasteiger partial charge in [-0.15, -0.1) is 4.36 Å². The maximum atomic E-state index is 14.6. The summed E-state index contributed by atoms with van der Waals surface area (Å²) in [5.41, 5.74) is 4.05. The Kier molecular flexibility index (Phi) is 4.18. The maximum Gasteiger partial charge on any atom is 0.354 e. The Hall–Kier alpha value is -2.46. The first-order chi connectivity index (χ1) is 13.9. The van der Waals surface area contributed by atoms with Crippen LogP contribution in [0.15, 0.2) is 9.26 Å². The molecule has 2 amide bonds. The summed E-state index contributed by atoms with van der Waals surface area (Å²) >= 11 is 0. The molecule has 3 N–H and O–H groups in total. The third kappa shape index (κ3) is 2.84. The Labute approximate surface area is 167 Å². The van der Waals surface area contributed by atoms with Gasteiger partial charge in [0.25, 0.3) is 0 Å². The van der Waals surface area contributed by atoms with Crippen LogP contribution in [0.3, 0.4) is 0 Å². The molecule has 0 saturated carbocycles. The van der Waals surface area contributed by atoms with E-state index in [2.05, 4.69) is 14.8 Å². The second-order valence-corrected chi connectivity index (χ2v) is 9.42. The molecule has 5 rings (SSSR count). The molecule has 154 valence electrons. The number of nitrogens with zero attached hydrogens (tertiary/aromatic N) is 3. The molecule has 0 bridgehead atoms. The third-order valence-electron chi connectivity index (χ3n) is 5.86. The molecule has 1 aromatic heterocycles. The zero-order valence-electron chi connectivity index (χ0n) is 16.1. The predicted molar refractivity (Wildman–Crippen MR) is 105 cm³/mol. The first-order valence-electron chi connectivity index (χ1n) is 9.78. The lowest BCUT2D eigenvalue weighted by Gasteiger charge is -2.26. The van der Waals surface area contributed by atoms with Crippen LogP contribution in [-0.2, 0) is 42.1 Å². The highest BCUT2D eigenvalue weighted by atomic mass is 32.2. The summed E-state index contributed by atoms with van der Waals surface area (Å²) in [4.78, 5) is 12.8. The largest absolute Gasteiger partial charge is 0.477 e. The van der Waals surface area contributed by atoms with E-state index >= 15 is 0 Å². The minimum Gasteiger partial charge on any atom is -0.477 e. The van der Waals surface area contributed by atoms with Gasteiger partial charge in [0, 0.05) is 18.7 Å². The van der Waals surface area contributed by atoms with Crippen LogP contribution in [0.2, 0.25) is 0 Å². The van der Waals surface area contributed by atoms with E-state index in [0.717, 1.165) is 24.0 Å². The maximum absolute atomic E-state index is 14.6. The fourth-order valence-corrected chi connectivity index (χ4v) is 5.79. The Morgan fingerprint density at radius 1 is 1.21 bits per heavy atom. The van der Waals surface area contributed by atoms with Crippen LogP contribution in [-0.4, -0.2) is 26.6 Å². The van der Waals surface area contributed by atoms with Gasteiger partial charge in [0.2, 0.25) is 5.88 Å². The molecule has 10 heteroatoms. The quantitative estimate of drug-likeness (QED) is 0.779. The molecule has 1 aliphatic heterocycles. The predicted octanol–water partition coefficient (Wildman–Crippen LogP) is 2.63. The minimum atomic E-state index is -3.56. The van der Waals surface area contributed by atoms with Gasteiger partial charge in [0.15, 0.2) is 9.92 Å². The van der Waals surface area contributed by atoms with Gasteiger partial charge in [-0.3, -0.25) is 0 Å². The lowest BCUT2D eigenvalue weighted by atomic mass is 9.83. The van der Waals surface area contributed by atoms with E-state index in [4.69, 9.17) is 9.88 Å². The van der Waals surface area contributed by atoms with Crippen molar-refractivity contribution >= 4 is 21.6 Å². The fourth-order valence-electron chi connectivity index (χ4n) is 4.52. The van der Waals surface area contributed by atoms with E-state index in [0.29, 0.717) is 67.2 Å². The molecule has 1 aromatic carbocycles. The zero-order chi connectivity index (χ0) is 20.3. The van der Waals surface area contributed by atoms with Crippen molar-refractivity contribution in [2.24, 2.45) is 9.50 Å². The average molecular weight is 419 g/mol. The number of ether oxygens (including phenoxy) is 1. The summed E-state index contributed by atoms with van der Waals surface area (Å²) in [6.07, 6.45) is 4.38. The number of hydrogen-bond donors (Lipinski definition) is 2. The van der Waals surface area contributed by atoms with E-state index < -0.39 is 15.9 Å². The second kappa shape index (κ2) is 6.53. The van der Waals surface area contributed by atoms with Crippen molar-refractivity contribution in [2.75, 3.05) is 11.9 Å². The number of amides is 2. The molecule has 0 saturated heterocycles.